The lowest BCUT2D eigenvalue weighted by Gasteiger charge is -2.33. The Bertz CT molecular complexity index is 842. The highest BCUT2D eigenvalue weighted by Gasteiger charge is 2.40. The van der Waals surface area contributed by atoms with E-state index in [2.05, 4.69) is 10.0 Å². The number of sulfonamides is 1. The summed E-state index contributed by atoms with van der Waals surface area (Å²) in [6.45, 7) is 2.29. The van der Waals surface area contributed by atoms with Crippen LogP contribution in [-0.4, -0.2) is 38.6 Å². The van der Waals surface area contributed by atoms with Gasteiger partial charge in [-0.3, -0.25) is 4.79 Å². The molecule has 1 aromatic carbocycles. The van der Waals surface area contributed by atoms with Crippen LogP contribution in [0.2, 0.25) is 0 Å². The van der Waals surface area contributed by atoms with Crippen LogP contribution in [0.4, 0.5) is 0 Å². The molecule has 0 radical (unpaired) electrons. The predicted octanol–water partition coefficient (Wildman–Crippen LogP) is 3.05. The summed E-state index contributed by atoms with van der Waals surface area (Å²) in [6.07, 6.45) is 9.86. The van der Waals surface area contributed by atoms with Crippen LogP contribution in [0.15, 0.2) is 23.1 Å². The Kier molecular flexibility index (Phi) is 5.51. The Labute approximate surface area is 167 Å². The van der Waals surface area contributed by atoms with E-state index in [0.717, 1.165) is 44.1 Å². The molecule has 1 atom stereocenters. The monoisotopic (exact) mass is 406 g/mol. The molecule has 2 saturated carbocycles. The molecule has 6 nitrogen and oxygen atoms in total. The van der Waals surface area contributed by atoms with E-state index in [1.807, 2.05) is 6.92 Å². The topological polar surface area (TPSA) is 84.5 Å². The van der Waals surface area contributed by atoms with E-state index >= 15 is 0 Å². The van der Waals surface area contributed by atoms with Gasteiger partial charge in [-0.1, -0.05) is 25.3 Å². The fourth-order valence-corrected chi connectivity index (χ4v) is 5.74. The third kappa shape index (κ3) is 4.42. The second-order valence-electron chi connectivity index (χ2n) is 8.60. The molecule has 3 fully saturated rings. The molecule has 7 heteroatoms. The van der Waals surface area contributed by atoms with Gasteiger partial charge in [0, 0.05) is 18.2 Å². The van der Waals surface area contributed by atoms with Crippen molar-refractivity contribution in [2.45, 2.75) is 87.4 Å². The number of aryl methyl sites for hydroxylation is 1. The van der Waals surface area contributed by atoms with E-state index in [-0.39, 0.29) is 28.5 Å². The van der Waals surface area contributed by atoms with Crippen LogP contribution < -0.4 is 10.0 Å². The number of ether oxygens (including phenoxy) is 1. The quantitative estimate of drug-likeness (QED) is 0.760. The summed E-state index contributed by atoms with van der Waals surface area (Å²) in [5.41, 5.74) is 1.20. The van der Waals surface area contributed by atoms with Crippen molar-refractivity contribution >= 4 is 15.9 Å². The van der Waals surface area contributed by atoms with Crippen LogP contribution in [0.25, 0.3) is 0 Å². The third-order valence-corrected chi connectivity index (χ3v) is 7.77. The molecular formula is C21H30N2O4S. The number of hydrogen-bond acceptors (Lipinski definition) is 4. The standard InChI is InChI=1S/C21H30N2O4S/c1-15-5-8-18(28(25,26)23-16-6-7-16)13-19(15)20(24)22-14-17-9-12-21(27-17)10-3-2-4-11-21/h5,8,13,16-17,23H,2-4,6-7,9-12,14H2,1H3,(H,22,24). The van der Waals surface area contributed by atoms with Crippen molar-refractivity contribution in [2.24, 2.45) is 0 Å². The van der Waals surface area contributed by atoms with Crippen LogP contribution in [-0.2, 0) is 14.8 Å². The van der Waals surface area contributed by atoms with Gasteiger partial charge in [0.15, 0.2) is 0 Å². The molecule has 3 aliphatic rings. The third-order valence-electron chi connectivity index (χ3n) is 6.26. The van der Waals surface area contributed by atoms with Crippen molar-refractivity contribution in [1.29, 1.82) is 0 Å². The molecule has 1 spiro atoms. The lowest BCUT2D eigenvalue weighted by atomic mass is 9.83. The number of rotatable bonds is 6. The van der Waals surface area contributed by atoms with E-state index in [9.17, 15) is 13.2 Å². The van der Waals surface area contributed by atoms with E-state index in [1.165, 1.54) is 25.3 Å². The van der Waals surface area contributed by atoms with E-state index in [0.29, 0.717) is 12.1 Å². The lowest BCUT2D eigenvalue weighted by Crippen LogP contribution is -2.36. The summed E-state index contributed by atoms with van der Waals surface area (Å²) < 4.78 is 33.9. The van der Waals surface area contributed by atoms with Gasteiger partial charge in [-0.25, -0.2) is 13.1 Å². The number of carbonyl (C=O) groups excluding carboxylic acids is 1. The van der Waals surface area contributed by atoms with Gasteiger partial charge in [0.2, 0.25) is 10.0 Å². The van der Waals surface area contributed by atoms with Crippen molar-refractivity contribution in [2.75, 3.05) is 6.54 Å². The summed E-state index contributed by atoms with van der Waals surface area (Å²) in [5.74, 6) is -0.242. The molecule has 1 heterocycles. The second kappa shape index (κ2) is 7.76. The summed E-state index contributed by atoms with van der Waals surface area (Å²) >= 11 is 0. The first-order valence-corrected chi connectivity index (χ1v) is 11.9. The zero-order valence-electron chi connectivity index (χ0n) is 16.5. The molecule has 1 saturated heterocycles. The molecular weight excluding hydrogens is 376 g/mol. The molecule has 0 aromatic heterocycles. The first-order valence-electron chi connectivity index (χ1n) is 10.5. The summed E-state index contributed by atoms with van der Waals surface area (Å²) in [5, 5.41) is 2.96. The van der Waals surface area contributed by atoms with Crippen molar-refractivity contribution in [3.8, 4) is 0 Å². The van der Waals surface area contributed by atoms with Gasteiger partial charge in [-0.15, -0.1) is 0 Å². The Balaban J connectivity index is 1.38. The lowest BCUT2D eigenvalue weighted by molar-refractivity contribution is -0.0618. The molecule has 2 N–H and O–H groups in total. The second-order valence-corrected chi connectivity index (χ2v) is 10.3. The average Bonchev–Trinajstić information content (AvgIpc) is 3.39. The molecule has 1 amide bonds. The fourth-order valence-electron chi connectivity index (χ4n) is 4.41. The van der Waals surface area contributed by atoms with Crippen LogP contribution in [0.1, 0.15) is 73.7 Å². The first-order chi connectivity index (χ1) is 13.4. The number of benzene rings is 1. The number of amides is 1. The maximum Gasteiger partial charge on any atom is 0.251 e. The highest BCUT2D eigenvalue weighted by atomic mass is 32.2. The van der Waals surface area contributed by atoms with E-state index < -0.39 is 10.0 Å². The molecule has 28 heavy (non-hydrogen) atoms. The molecule has 2 aliphatic carbocycles. The zero-order chi connectivity index (χ0) is 19.8. The highest BCUT2D eigenvalue weighted by Crippen LogP contribution is 2.41. The smallest absolute Gasteiger partial charge is 0.251 e. The number of nitrogens with one attached hydrogen (secondary N) is 2. The van der Waals surface area contributed by atoms with Gasteiger partial charge >= 0.3 is 0 Å². The molecule has 0 bridgehead atoms. The SMILES string of the molecule is Cc1ccc(S(=O)(=O)NC2CC2)cc1C(=O)NCC1CCC2(CCCCC2)O1. The Morgan fingerprint density at radius 1 is 1.14 bits per heavy atom. The van der Waals surface area contributed by atoms with E-state index in [4.69, 9.17) is 4.74 Å². The van der Waals surface area contributed by atoms with Crippen molar-refractivity contribution in [3.05, 3.63) is 29.3 Å². The van der Waals surface area contributed by atoms with Gasteiger partial charge in [-0.05, 0) is 63.1 Å². The van der Waals surface area contributed by atoms with Gasteiger partial charge < -0.3 is 10.1 Å². The maximum absolute atomic E-state index is 12.7. The molecule has 1 aromatic rings. The van der Waals surface area contributed by atoms with Gasteiger partial charge in [0.05, 0.1) is 16.6 Å². The summed E-state index contributed by atoms with van der Waals surface area (Å²) in [4.78, 5) is 12.9. The Morgan fingerprint density at radius 2 is 1.89 bits per heavy atom. The van der Waals surface area contributed by atoms with Crippen LogP contribution in [0, 0.1) is 6.92 Å². The minimum Gasteiger partial charge on any atom is -0.370 e. The van der Waals surface area contributed by atoms with Gasteiger partial charge in [0.1, 0.15) is 0 Å². The minimum atomic E-state index is -3.57. The highest BCUT2D eigenvalue weighted by molar-refractivity contribution is 7.89. The van der Waals surface area contributed by atoms with E-state index in [1.54, 1.807) is 12.1 Å². The summed E-state index contributed by atoms with van der Waals surface area (Å²) in [6, 6.07) is 4.77. The molecule has 4 rings (SSSR count). The fraction of sp³-hybridized carbons (Fsp3) is 0.667. The maximum atomic E-state index is 12.7. The van der Waals surface area contributed by atoms with Crippen molar-refractivity contribution in [1.82, 2.24) is 10.0 Å². The van der Waals surface area contributed by atoms with Crippen molar-refractivity contribution in [3.63, 3.8) is 0 Å². The Morgan fingerprint density at radius 3 is 2.61 bits per heavy atom. The first kappa shape index (κ1) is 19.9. The average molecular weight is 407 g/mol. The molecule has 1 aliphatic heterocycles. The van der Waals surface area contributed by atoms with Crippen LogP contribution in [0.5, 0.6) is 0 Å². The van der Waals surface area contributed by atoms with Gasteiger partial charge in [0.25, 0.3) is 5.91 Å². The Hall–Kier alpha value is -1.44. The minimum absolute atomic E-state index is 0.0338. The van der Waals surface area contributed by atoms with Crippen LogP contribution >= 0.6 is 0 Å². The van der Waals surface area contributed by atoms with Crippen LogP contribution in [0.3, 0.4) is 0 Å². The van der Waals surface area contributed by atoms with Crippen molar-refractivity contribution < 1.29 is 17.9 Å². The largest absolute Gasteiger partial charge is 0.370 e. The molecule has 1 unspecified atom stereocenters. The predicted molar refractivity (Wildman–Crippen MR) is 107 cm³/mol. The summed E-state index contributed by atoms with van der Waals surface area (Å²) in [7, 11) is -3.57. The normalized spacial score (nSPS) is 24.4. The van der Waals surface area contributed by atoms with Gasteiger partial charge in [-0.2, -0.15) is 0 Å². The number of carbonyl (C=O) groups is 1. The zero-order valence-corrected chi connectivity index (χ0v) is 17.3. The molecule has 154 valence electrons. The number of hydrogen-bond donors (Lipinski definition) is 2.